The zero-order chi connectivity index (χ0) is 9.68. The van der Waals surface area contributed by atoms with Crippen LogP contribution in [0, 0.1) is 11.3 Å². The number of benzene rings is 1. The minimum absolute atomic E-state index is 0.000787. The van der Waals surface area contributed by atoms with Gasteiger partial charge in [0.25, 0.3) is 0 Å². The molecule has 1 rings (SSSR count). The van der Waals surface area contributed by atoms with Crippen molar-refractivity contribution in [2.45, 2.75) is 13.0 Å². The van der Waals surface area contributed by atoms with Crippen LogP contribution in [-0.2, 0) is 0 Å². The molecule has 0 aliphatic heterocycles. The molecule has 0 bridgehead atoms. The fourth-order valence-corrected chi connectivity index (χ4v) is 1.16. The standard InChI is InChI=1S/C10H12N2O/c1-8(12-7-6-11)9-4-2-3-5-10(9)13/h2-5,8,12-13H,7H2,1H3. The van der Waals surface area contributed by atoms with Gasteiger partial charge >= 0.3 is 0 Å². The molecule has 1 unspecified atom stereocenters. The minimum atomic E-state index is 0.000787. The molecule has 13 heavy (non-hydrogen) atoms. The first kappa shape index (κ1) is 9.56. The molecule has 0 fully saturated rings. The summed E-state index contributed by atoms with van der Waals surface area (Å²) in [4.78, 5) is 0. The third kappa shape index (κ3) is 2.46. The molecule has 0 aliphatic rings. The van der Waals surface area contributed by atoms with Crippen molar-refractivity contribution >= 4 is 0 Å². The molecule has 2 N–H and O–H groups in total. The Morgan fingerprint density at radius 2 is 2.23 bits per heavy atom. The second-order valence-electron chi connectivity index (χ2n) is 2.82. The normalized spacial score (nSPS) is 12.0. The fourth-order valence-electron chi connectivity index (χ4n) is 1.16. The van der Waals surface area contributed by atoms with E-state index in [1.54, 1.807) is 12.1 Å². The van der Waals surface area contributed by atoms with E-state index in [9.17, 15) is 5.11 Å². The Balaban J connectivity index is 2.72. The van der Waals surface area contributed by atoms with Crippen molar-refractivity contribution in [3.05, 3.63) is 29.8 Å². The van der Waals surface area contributed by atoms with Crippen LogP contribution in [0.5, 0.6) is 5.75 Å². The fraction of sp³-hybridized carbons (Fsp3) is 0.300. The average molecular weight is 176 g/mol. The summed E-state index contributed by atoms with van der Waals surface area (Å²) in [6.07, 6.45) is 0. The zero-order valence-corrected chi connectivity index (χ0v) is 7.49. The van der Waals surface area contributed by atoms with Crippen molar-refractivity contribution in [1.29, 1.82) is 5.26 Å². The van der Waals surface area contributed by atoms with Gasteiger partial charge in [0.2, 0.25) is 0 Å². The van der Waals surface area contributed by atoms with E-state index in [2.05, 4.69) is 5.32 Å². The van der Waals surface area contributed by atoms with E-state index in [1.165, 1.54) is 0 Å². The van der Waals surface area contributed by atoms with E-state index in [4.69, 9.17) is 5.26 Å². The second kappa shape index (κ2) is 4.48. The quantitative estimate of drug-likeness (QED) is 0.687. The molecule has 1 aromatic carbocycles. The first-order chi connectivity index (χ1) is 6.25. The van der Waals surface area contributed by atoms with Crippen LogP contribution in [0.25, 0.3) is 0 Å². The van der Waals surface area contributed by atoms with Crippen molar-refractivity contribution < 1.29 is 5.11 Å². The van der Waals surface area contributed by atoms with E-state index in [-0.39, 0.29) is 18.3 Å². The van der Waals surface area contributed by atoms with Gasteiger partial charge in [-0.3, -0.25) is 5.32 Å². The van der Waals surface area contributed by atoms with E-state index in [1.807, 2.05) is 25.1 Å². The van der Waals surface area contributed by atoms with Gasteiger partial charge in [0.15, 0.2) is 0 Å². The van der Waals surface area contributed by atoms with Crippen LogP contribution in [0.15, 0.2) is 24.3 Å². The number of phenols is 1. The van der Waals surface area contributed by atoms with Crippen LogP contribution in [-0.4, -0.2) is 11.7 Å². The lowest BCUT2D eigenvalue weighted by Gasteiger charge is -2.12. The lowest BCUT2D eigenvalue weighted by molar-refractivity contribution is 0.456. The number of nitrogens with one attached hydrogen (secondary N) is 1. The Bertz CT molecular complexity index is 317. The van der Waals surface area contributed by atoms with Gasteiger partial charge in [-0.1, -0.05) is 18.2 Å². The minimum Gasteiger partial charge on any atom is -0.508 e. The number of aromatic hydroxyl groups is 1. The summed E-state index contributed by atoms with van der Waals surface area (Å²) in [7, 11) is 0. The lowest BCUT2D eigenvalue weighted by Crippen LogP contribution is -2.18. The summed E-state index contributed by atoms with van der Waals surface area (Å²) in [5.74, 6) is 0.264. The molecule has 3 heteroatoms. The van der Waals surface area contributed by atoms with Gasteiger partial charge in [0.1, 0.15) is 5.75 Å². The van der Waals surface area contributed by atoms with Gasteiger partial charge in [-0.05, 0) is 13.0 Å². The number of nitrogens with zero attached hydrogens (tertiary/aromatic N) is 1. The van der Waals surface area contributed by atoms with Gasteiger partial charge in [-0.25, -0.2) is 0 Å². The van der Waals surface area contributed by atoms with Crippen LogP contribution >= 0.6 is 0 Å². The predicted octanol–water partition coefficient (Wildman–Crippen LogP) is 1.57. The molecule has 3 nitrogen and oxygen atoms in total. The van der Waals surface area contributed by atoms with Crippen molar-refractivity contribution in [3.63, 3.8) is 0 Å². The van der Waals surface area contributed by atoms with Gasteiger partial charge in [0.05, 0.1) is 12.6 Å². The Labute approximate surface area is 77.6 Å². The largest absolute Gasteiger partial charge is 0.508 e. The summed E-state index contributed by atoms with van der Waals surface area (Å²) in [6, 6.07) is 9.11. The second-order valence-corrected chi connectivity index (χ2v) is 2.82. The molecule has 0 heterocycles. The molecule has 0 aromatic heterocycles. The Morgan fingerprint density at radius 3 is 2.85 bits per heavy atom. The summed E-state index contributed by atoms with van der Waals surface area (Å²) >= 11 is 0. The van der Waals surface area contributed by atoms with E-state index >= 15 is 0 Å². The summed E-state index contributed by atoms with van der Waals surface area (Å²) in [6.45, 7) is 2.20. The number of rotatable bonds is 3. The van der Waals surface area contributed by atoms with E-state index < -0.39 is 0 Å². The molecule has 0 saturated heterocycles. The van der Waals surface area contributed by atoms with Crippen molar-refractivity contribution in [1.82, 2.24) is 5.32 Å². The topological polar surface area (TPSA) is 56.0 Å². The molecular weight excluding hydrogens is 164 g/mol. The summed E-state index contributed by atoms with van der Waals surface area (Å²) < 4.78 is 0. The highest BCUT2D eigenvalue weighted by molar-refractivity contribution is 5.34. The third-order valence-electron chi connectivity index (χ3n) is 1.89. The van der Waals surface area contributed by atoms with Gasteiger partial charge in [-0.2, -0.15) is 5.26 Å². The van der Waals surface area contributed by atoms with Crippen molar-refractivity contribution in [2.24, 2.45) is 0 Å². The van der Waals surface area contributed by atoms with E-state index in [0.717, 1.165) is 5.56 Å². The van der Waals surface area contributed by atoms with Gasteiger partial charge in [-0.15, -0.1) is 0 Å². The molecule has 0 aliphatic carbocycles. The zero-order valence-electron chi connectivity index (χ0n) is 7.49. The molecule has 1 aromatic rings. The maximum absolute atomic E-state index is 9.46. The average Bonchev–Trinajstić information content (AvgIpc) is 2.15. The predicted molar refractivity (Wildman–Crippen MR) is 50.1 cm³/mol. The van der Waals surface area contributed by atoms with Crippen molar-refractivity contribution in [3.8, 4) is 11.8 Å². The summed E-state index contributed by atoms with van der Waals surface area (Å²) in [5.41, 5.74) is 0.817. The highest BCUT2D eigenvalue weighted by Gasteiger charge is 2.07. The van der Waals surface area contributed by atoms with Crippen LogP contribution in [0.1, 0.15) is 18.5 Å². The lowest BCUT2D eigenvalue weighted by atomic mass is 10.1. The highest BCUT2D eigenvalue weighted by Crippen LogP contribution is 2.22. The van der Waals surface area contributed by atoms with Gasteiger partial charge in [0, 0.05) is 11.6 Å². The van der Waals surface area contributed by atoms with E-state index in [0.29, 0.717) is 0 Å². The Morgan fingerprint density at radius 1 is 1.54 bits per heavy atom. The van der Waals surface area contributed by atoms with Crippen LogP contribution in [0.4, 0.5) is 0 Å². The number of nitriles is 1. The van der Waals surface area contributed by atoms with Crippen LogP contribution in [0.2, 0.25) is 0 Å². The molecule has 0 saturated carbocycles. The maximum atomic E-state index is 9.46. The first-order valence-corrected chi connectivity index (χ1v) is 4.14. The van der Waals surface area contributed by atoms with Gasteiger partial charge < -0.3 is 5.11 Å². The molecular formula is C10H12N2O. The number of hydrogen-bond donors (Lipinski definition) is 2. The third-order valence-corrected chi connectivity index (χ3v) is 1.89. The number of hydrogen-bond acceptors (Lipinski definition) is 3. The Kier molecular flexibility index (Phi) is 3.30. The smallest absolute Gasteiger partial charge is 0.120 e. The first-order valence-electron chi connectivity index (χ1n) is 4.14. The Hall–Kier alpha value is -1.53. The van der Waals surface area contributed by atoms with Crippen LogP contribution < -0.4 is 5.32 Å². The van der Waals surface area contributed by atoms with Crippen molar-refractivity contribution in [2.75, 3.05) is 6.54 Å². The molecule has 0 amide bonds. The molecule has 1 atom stereocenters. The highest BCUT2D eigenvalue weighted by atomic mass is 16.3. The molecule has 0 spiro atoms. The number of para-hydroxylation sites is 1. The monoisotopic (exact) mass is 176 g/mol. The summed E-state index contributed by atoms with van der Waals surface area (Å²) in [5, 5.41) is 20.8. The molecule has 68 valence electrons. The molecule has 0 radical (unpaired) electrons. The van der Waals surface area contributed by atoms with Crippen LogP contribution in [0.3, 0.4) is 0 Å². The SMILES string of the molecule is CC(NCC#N)c1ccccc1O. The maximum Gasteiger partial charge on any atom is 0.120 e. The number of phenolic OH excluding ortho intramolecular Hbond substituents is 1.